The number of azo groups is 1. The first-order valence-corrected chi connectivity index (χ1v) is 6.41. The summed E-state index contributed by atoms with van der Waals surface area (Å²) in [5.74, 6) is -0.502. The number of nitrogens with zero attached hydrogens (tertiary/aromatic N) is 2. The first-order valence-electron chi connectivity index (χ1n) is 6.41. The highest BCUT2D eigenvalue weighted by Gasteiger charge is 2.01. The predicted octanol–water partition coefficient (Wildman–Crippen LogP) is 4.92. The number of carboxylic acids is 1. The Morgan fingerprint density at radius 1 is 1.00 bits per heavy atom. The fourth-order valence-corrected chi connectivity index (χ4v) is 1.73. The van der Waals surface area contributed by atoms with Crippen molar-refractivity contribution in [3.05, 3.63) is 59.7 Å². The molecule has 2 rings (SSSR count). The van der Waals surface area contributed by atoms with E-state index in [0.717, 1.165) is 5.69 Å². The van der Waals surface area contributed by atoms with Gasteiger partial charge in [-0.25, -0.2) is 4.79 Å². The van der Waals surface area contributed by atoms with E-state index in [1.54, 1.807) is 12.1 Å². The minimum atomic E-state index is -0.946. The summed E-state index contributed by atoms with van der Waals surface area (Å²) in [4.78, 5) is 10.7. The normalized spacial score (nSPS) is 11.2. The molecule has 0 aromatic heterocycles. The molecule has 0 saturated heterocycles. The molecule has 1 N–H and O–H groups in total. The Labute approximate surface area is 117 Å². The Bertz CT molecular complexity index is 631. The quantitative estimate of drug-likeness (QED) is 0.799. The average molecular weight is 268 g/mol. The highest BCUT2D eigenvalue weighted by molar-refractivity contribution is 5.87. The van der Waals surface area contributed by atoms with Crippen LogP contribution in [0.5, 0.6) is 0 Å². The molecule has 0 bridgehead atoms. The zero-order chi connectivity index (χ0) is 14.5. The van der Waals surface area contributed by atoms with Crippen molar-refractivity contribution in [3.63, 3.8) is 0 Å². The molecule has 0 aliphatic heterocycles. The molecule has 102 valence electrons. The van der Waals surface area contributed by atoms with E-state index in [4.69, 9.17) is 5.11 Å². The van der Waals surface area contributed by atoms with Crippen LogP contribution in [0, 0.1) is 0 Å². The van der Waals surface area contributed by atoms with Crippen LogP contribution in [0.3, 0.4) is 0 Å². The molecule has 0 saturated carbocycles. The van der Waals surface area contributed by atoms with Crippen molar-refractivity contribution in [2.45, 2.75) is 19.8 Å². The Kier molecular flexibility index (Phi) is 4.25. The minimum Gasteiger partial charge on any atom is -0.478 e. The highest BCUT2D eigenvalue weighted by Crippen LogP contribution is 2.23. The van der Waals surface area contributed by atoms with E-state index < -0.39 is 5.97 Å². The van der Waals surface area contributed by atoms with Gasteiger partial charge < -0.3 is 5.11 Å². The summed E-state index contributed by atoms with van der Waals surface area (Å²) in [6, 6.07) is 14.2. The van der Waals surface area contributed by atoms with Crippen molar-refractivity contribution in [1.29, 1.82) is 0 Å². The third kappa shape index (κ3) is 3.51. The Hall–Kier alpha value is -2.49. The van der Waals surface area contributed by atoms with E-state index in [1.165, 1.54) is 17.7 Å². The largest absolute Gasteiger partial charge is 0.478 e. The van der Waals surface area contributed by atoms with Gasteiger partial charge in [-0.2, -0.15) is 10.2 Å². The van der Waals surface area contributed by atoms with Gasteiger partial charge in [-0.3, -0.25) is 0 Å². The molecular weight excluding hydrogens is 252 g/mol. The highest BCUT2D eigenvalue weighted by atomic mass is 16.4. The minimum absolute atomic E-state index is 0.241. The van der Waals surface area contributed by atoms with Crippen LogP contribution in [-0.2, 0) is 0 Å². The van der Waals surface area contributed by atoms with Gasteiger partial charge in [-0.1, -0.05) is 26.0 Å². The van der Waals surface area contributed by atoms with Crippen LogP contribution in [-0.4, -0.2) is 11.1 Å². The van der Waals surface area contributed by atoms with Gasteiger partial charge in [-0.15, -0.1) is 0 Å². The average Bonchev–Trinajstić information content (AvgIpc) is 2.46. The van der Waals surface area contributed by atoms with Crippen molar-refractivity contribution in [2.75, 3.05) is 0 Å². The standard InChI is InChI=1S/C16H16N2O2/c1-11(2)13-4-3-5-15(10-13)18-17-14-8-6-12(7-9-14)16(19)20/h3-11H,1-2H3,(H,19,20)/b18-17+. The zero-order valence-corrected chi connectivity index (χ0v) is 11.4. The monoisotopic (exact) mass is 268 g/mol. The van der Waals surface area contributed by atoms with Gasteiger partial charge in [0.05, 0.1) is 16.9 Å². The second-order valence-electron chi connectivity index (χ2n) is 4.80. The molecule has 20 heavy (non-hydrogen) atoms. The number of benzene rings is 2. The van der Waals surface area contributed by atoms with Gasteiger partial charge in [0.25, 0.3) is 0 Å². The molecule has 0 amide bonds. The summed E-state index contributed by atoms with van der Waals surface area (Å²) in [5, 5.41) is 17.1. The van der Waals surface area contributed by atoms with E-state index in [-0.39, 0.29) is 5.56 Å². The second-order valence-corrected chi connectivity index (χ2v) is 4.80. The lowest BCUT2D eigenvalue weighted by atomic mass is 10.0. The molecule has 0 heterocycles. The summed E-state index contributed by atoms with van der Waals surface area (Å²) in [5.41, 5.74) is 2.87. The number of rotatable bonds is 4. The number of hydrogen-bond acceptors (Lipinski definition) is 3. The van der Waals surface area contributed by atoms with Crippen LogP contribution in [0.15, 0.2) is 58.8 Å². The van der Waals surface area contributed by atoms with Gasteiger partial charge in [0.15, 0.2) is 0 Å². The second kappa shape index (κ2) is 6.10. The number of carbonyl (C=O) groups is 1. The molecule has 0 aliphatic carbocycles. The maximum absolute atomic E-state index is 10.7. The summed E-state index contributed by atoms with van der Waals surface area (Å²) < 4.78 is 0. The van der Waals surface area contributed by atoms with Crippen LogP contribution in [0.25, 0.3) is 0 Å². The Morgan fingerprint density at radius 3 is 2.25 bits per heavy atom. The molecule has 2 aromatic rings. The lowest BCUT2D eigenvalue weighted by Crippen LogP contribution is -1.93. The molecular formula is C16H16N2O2. The van der Waals surface area contributed by atoms with Crippen molar-refractivity contribution in [3.8, 4) is 0 Å². The van der Waals surface area contributed by atoms with Crippen molar-refractivity contribution >= 4 is 17.3 Å². The predicted molar refractivity (Wildman–Crippen MR) is 78.1 cm³/mol. The Morgan fingerprint density at radius 2 is 1.65 bits per heavy atom. The van der Waals surface area contributed by atoms with Crippen LogP contribution in [0.4, 0.5) is 11.4 Å². The van der Waals surface area contributed by atoms with Crippen molar-refractivity contribution in [1.82, 2.24) is 0 Å². The van der Waals surface area contributed by atoms with Crippen LogP contribution in [0.1, 0.15) is 35.7 Å². The van der Waals surface area contributed by atoms with Gasteiger partial charge in [0.2, 0.25) is 0 Å². The summed E-state index contributed by atoms with van der Waals surface area (Å²) in [7, 11) is 0. The summed E-state index contributed by atoms with van der Waals surface area (Å²) in [6.45, 7) is 4.25. The van der Waals surface area contributed by atoms with E-state index >= 15 is 0 Å². The fourth-order valence-electron chi connectivity index (χ4n) is 1.73. The van der Waals surface area contributed by atoms with Gasteiger partial charge in [0.1, 0.15) is 0 Å². The molecule has 2 aromatic carbocycles. The van der Waals surface area contributed by atoms with Crippen LogP contribution in [0.2, 0.25) is 0 Å². The summed E-state index contributed by atoms with van der Waals surface area (Å²) >= 11 is 0. The molecule has 0 spiro atoms. The topological polar surface area (TPSA) is 62.0 Å². The third-order valence-corrected chi connectivity index (χ3v) is 2.93. The first kappa shape index (κ1) is 13.9. The third-order valence-electron chi connectivity index (χ3n) is 2.93. The van der Waals surface area contributed by atoms with E-state index in [1.807, 2.05) is 18.2 Å². The van der Waals surface area contributed by atoms with Gasteiger partial charge in [0, 0.05) is 0 Å². The lowest BCUT2D eigenvalue weighted by molar-refractivity contribution is 0.0697. The molecule has 0 aliphatic rings. The lowest BCUT2D eigenvalue weighted by Gasteiger charge is -2.04. The van der Waals surface area contributed by atoms with Crippen LogP contribution < -0.4 is 0 Å². The SMILES string of the molecule is CC(C)c1cccc(/N=N/c2ccc(C(=O)O)cc2)c1. The first-order chi connectivity index (χ1) is 9.56. The molecule has 4 nitrogen and oxygen atoms in total. The molecule has 0 atom stereocenters. The molecule has 0 fully saturated rings. The molecule has 0 unspecified atom stereocenters. The maximum atomic E-state index is 10.7. The number of hydrogen-bond donors (Lipinski definition) is 1. The van der Waals surface area contributed by atoms with Crippen molar-refractivity contribution < 1.29 is 9.90 Å². The van der Waals surface area contributed by atoms with Gasteiger partial charge in [-0.05, 0) is 47.9 Å². The smallest absolute Gasteiger partial charge is 0.335 e. The summed E-state index contributed by atoms with van der Waals surface area (Å²) in [6.07, 6.45) is 0. The number of carboxylic acid groups (broad SMARTS) is 1. The Balaban J connectivity index is 2.16. The van der Waals surface area contributed by atoms with Crippen molar-refractivity contribution in [2.24, 2.45) is 10.2 Å². The molecule has 0 radical (unpaired) electrons. The maximum Gasteiger partial charge on any atom is 0.335 e. The number of aromatic carboxylic acids is 1. The molecule has 4 heteroatoms. The zero-order valence-electron chi connectivity index (χ0n) is 11.4. The van der Waals surface area contributed by atoms with Crippen LogP contribution >= 0.6 is 0 Å². The van der Waals surface area contributed by atoms with E-state index in [2.05, 4.69) is 30.1 Å². The van der Waals surface area contributed by atoms with E-state index in [9.17, 15) is 4.79 Å². The fraction of sp³-hybridized carbons (Fsp3) is 0.188. The van der Waals surface area contributed by atoms with E-state index in [0.29, 0.717) is 11.6 Å². The van der Waals surface area contributed by atoms with Gasteiger partial charge >= 0.3 is 5.97 Å².